The molecule has 0 spiro atoms. The van der Waals surface area contributed by atoms with Gasteiger partial charge >= 0.3 is 17.6 Å². The highest BCUT2D eigenvalue weighted by Gasteiger charge is 2.63. The zero-order valence-corrected chi connectivity index (χ0v) is 50.7. The molecule has 11 nitrogen and oxygen atoms in total. The summed E-state index contributed by atoms with van der Waals surface area (Å²) in [5.41, 5.74) is 10.8. The number of fused-ring (bicyclic) bond motifs is 17. The topological polar surface area (TPSA) is 162 Å². The number of aliphatic hydroxyl groups is 3. The highest BCUT2D eigenvalue weighted by atomic mass is 16.6. The van der Waals surface area contributed by atoms with Gasteiger partial charge in [0.25, 0.3) is 0 Å². The van der Waals surface area contributed by atoms with Gasteiger partial charge in [-0.3, -0.25) is 4.79 Å². The van der Waals surface area contributed by atoms with E-state index in [9.17, 15) is 20.1 Å². The second kappa shape index (κ2) is 22.7. The molecule has 15 atom stereocenters. The van der Waals surface area contributed by atoms with Crippen molar-refractivity contribution in [3.8, 4) is 5.75 Å². The van der Waals surface area contributed by atoms with Crippen LogP contribution in [0.15, 0.2) is 148 Å². The van der Waals surface area contributed by atoms with Gasteiger partial charge < -0.3 is 38.7 Å². The molecule has 10 aliphatic rings. The fourth-order valence-electron chi connectivity index (χ4n) is 19.1. The first-order valence-corrected chi connectivity index (χ1v) is 32.6. The number of methoxy groups -OCH3 is 1. The smallest absolute Gasteiger partial charge is 0.340 e. The molecule has 5 aromatic carbocycles. The number of hydrogen-bond donors (Lipinski definition) is 3. The summed E-state index contributed by atoms with van der Waals surface area (Å²) < 4.78 is 34.2. The number of carbonyl (C=O) groups is 2. The zero-order chi connectivity index (χ0) is 60.2. The number of allylic oxidation sites excluding steroid dienone is 4. The number of aliphatic hydroxyl groups excluding tert-OH is 3. The highest BCUT2D eigenvalue weighted by molar-refractivity contribution is 5.91. The van der Waals surface area contributed by atoms with E-state index in [1.54, 1.807) is 13.0 Å². The van der Waals surface area contributed by atoms with E-state index < -0.39 is 47.9 Å². The molecule has 1 saturated heterocycles. The normalized spacial score (nSPS) is 32.4. The molecular weight excluding hydrogens is 1100 g/mol. The van der Waals surface area contributed by atoms with Crippen LogP contribution in [0.5, 0.6) is 5.75 Å². The molecule has 3 fully saturated rings. The quantitative estimate of drug-likeness (QED) is 0.0547. The Morgan fingerprint density at radius 2 is 1.59 bits per heavy atom. The van der Waals surface area contributed by atoms with Gasteiger partial charge in [0.05, 0.1) is 25.4 Å². The Kier molecular flexibility index (Phi) is 14.8. The fraction of sp³-hybridized carbons (Fsp3) is 0.442. The van der Waals surface area contributed by atoms with Crippen molar-refractivity contribution in [2.45, 2.75) is 156 Å². The number of rotatable bonds is 9. The molecule has 0 radical (unpaired) electrons. The van der Waals surface area contributed by atoms with Crippen LogP contribution in [0.1, 0.15) is 199 Å². The molecule has 0 amide bonds. The van der Waals surface area contributed by atoms with Gasteiger partial charge in [0.15, 0.2) is 17.8 Å². The van der Waals surface area contributed by atoms with Gasteiger partial charge in [0, 0.05) is 65.7 Å². The predicted octanol–water partition coefficient (Wildman–Crippen LogP) is 14.2. The van der Waals surface area contributed by atoms with Gasteiger partial charge in [-0.05, 0) is 186 Å². The van der Waals surface area contributed by atoms with Crippen LogP contribution >= 0.6 is 0 Å². The van der Waals surface area contributed by atoms with Gasteiger partial charge in [0.1, 0.15) is 11.3 Å². The average Bonchev–Trinajstić information content (AvgIpc) is 2.20. The monoisotopic (exact) mass is 1180 g/mol. The minimum atomic E-state index is -1.37. The predicted molar refractivity (Wildman–Crippen MR) is 338 cm³/mol. The lowest BCUT2D eigenvalue weighted by Gasteiger charge is -2.50. The lowest BCUT2D eigenvalue weighted by atomic mass is 9.56. The molecule has 454 valence electrons. The number of ether oxygens (including phenoxy) is 4. The molecule has 15 unspecified atom stereocenters. The van der Waals surface area contributed by atoms with Crippen LogP contribution in [0.25, 0.3) is 23.1 Å². The molecule has 88 heavy (non-hydrogen) atoms. The van der Waals surface area contributed by atoms with Crippen molar-refractivity contribution in [1.82, 2.24) is 0 Å². The molecule has 4 aliphatic heterocycles. The summed E-state index contributed by atoms with van der Waals surface area (Å²) in [6.07, 6.45) is 20.6. The Labute approximate surface area is 515 Å². The molecule has 6 aliphatic carbocycles. The van der Waals surface area contributed by atoms with E-state index in [-0.39, 0.29) is 108 Å². The van der Waals surface area contributed by atoms with Crippen LogP contribution < -0.4 is 10.4 Å². The van der Waals surface area contributed by atoms with Crippen LogP contribution in [0.3, 0.4) is 0 Å². The van der Waals surface area contributed by atoms with Crippen LogP contribution in [-0.4, -0.2) is 65.9 Å². The van der Waals surface area contributed by atoms with Crippen LogP contribution in [0, 0.1) is 29.6 Å². The van der Waals surface area contributed by atoms with Gasteiger partial charge in [-0.1, -0.05) is 140 Å². The molecule has 1 aromatic heterocycles. The molecule has 5 heterocycles. The fourth-order valence-corrected chi connectivity index (χ4v) is 19.1. The van der Waals surface area contributed by atoms with E-state index in [4.69, 9.17) is 23.4 Å². The first-order valence-electron chi connectivity index (χ1n) is 32.6. The Balaban J connectivity index is 0.932. The third-order valence-corrected chi connectivity index (χ3v) is 23.2. The summed E-state index contributed by atoms with van der Waals surface area (Å²) in [5.74, 6) is -1.34. The first-order chi connectivity index (χ1) is 42.9. The summed E-state index contributed by atoms with van der Waals surface area (Å²) in [6, 6.07) is 37.5. The average molecular weight is 1180 g/mol. The van der Waals surface area contributed by atoms with E-state index >= 15 is 9.59 Å². The van der Waals surface area contributed by atoms with E-state index in [2.05, 4.69) is 127 Å². The third kappa shape index (κ3) is 9.20. The summed E-state index contributed by atoms with van der Waals surface area (Å²) in [7, 11) is 1.52. The number of carbonyl (C=O) groups excluding carboxylic acids is 2. The Morgan fingerprint density at radius 1 is 0.761 bits per heavy atom. The van der Waals surface area contributed by atoms with Crippen molar-refractivity contribution < 1.29 is 48.3 Å². The van der Waals surface area contributed by atoms with Crippen LogP contribution in [0.4, 0.5) is 0 Å². The zero-order valence-electron chi connectivity index (χ0n) is 50.7. The van der Waals surface area contributed by atoms with Crippen molar-refractivity contribution in [2.75, 3.05) is 26.9 Å². The molecule has 16 rings (SSSR count). The third-order valence-electron chi connectivity index (χ3n) is 23.2. The minimum absolute atomic E-state index is 0.00315. The van der Waals surface area contributed by atoms with Gasteiger partial charge in [-0.25, -0.2) is 9.59 Å². The van der Waals surface area contributed by atoms with E-state index in [0.29, 0.717) is 53.0 Å². The van der Waals surface area contributed by atoms with Gasteiger partial charge in [0.2, 0.25) is 0 Å². The highest BCUT2D eigenvalue weighted by Crippen LogP contribution is 2.63. The maximum atomic E-state index is 16.0. The standard InChI is InChI=1S/C77H80O11/c1-43(40-79)60-35-49-18-19-50-37-63-58-27-21-44-11-4-6-16-56(44)62(58)39-66(63)76(2)73(87-74(60)82)72(70-67(88-76)29-28-59-64(41-80)69(75(83)86-71(59)70)51(30-32-78)42-84-3)85-68(81)38-52-33-47(22-25-55(52)48-23-26-57(49)61(50)36-48)46-13-10-15-54(34-46)77-31-9-8-14-53(77)24-20-45-12-5-7-17-65(45)77/h4-7,10-13,15-17,20-29,34,36,47,49-53,55,58,62-63,66,72-73,78-80H,8-9,14,18-19,30-33,35,37-42H2,1-3H3. The van der Waals surface area contributed by atoms with E-state index in [1.807, 2.05) is 13.0 Å². The Morgan fingerprint density at radius 3 is 2.43 bits per heavy atom. The minimum Gasteiger partial charge on any atom is -0.483 e. The molecular formula is C77H80O11. The van der Waals surface area contributed by atoms with Crippen molar-refractivity contribution >= 4 is 35.1 Å². The number of benzene rings is 5. The van der Waals surface area contributed by atoms with Gasteiger partial charge in [-0.2, -0.15) is 0 Å². The van der Waals surface area contributed by atoms with E-state index in [1.165, 1.54) is 58.0 Å². The molecule has 7 bridgehead atoms. The summed E-state index contributed by atoms with van der Waals surface area (Å²) in [4.78, 5) is 46.6. The van der Waals surface area contributed by atoms with Crippen molar-refractivity contribution in [2.24, 2.45) is 29.6 Å². The first kappa shape index (κ1) is 57.3. The summed E-state index contributed by atoms with van der Waals surface area (Å²) in [6.45, 7) is 2.77. The number of esters is 2. The SMILES string of the molecule is COCC(CCO)c1c(CO)c2ccc3c(c2oc1=O)C1OC(=O)CC2CC(c4cccc(C56CCCCC5C=Cc5ccccc56)c4)C=CC2c2ccc4c(c2)C2CCC4CC(=C(C)CO)C(=O)OC1C(C)(O3)C1CC3c4ccccc4C=CC3C1C2. The van der Waals surface area contributed by atoms with Crippen molar-refractivity contribution in [3.05, 3.63) is 216 Å². The second-order valence-electron chi connectivity index (χ2n) is 27.5. The maximum absolute atomic E-state index is 16.0. The van der Waals surface area contributed by atoms with E-state index in [0.717, 1.165) is 44.1 Å². The van der Waals surface area contributed by atoms with Gasteiger partial charge in [-0.15, -0.1) is 0 Å². The van der Waals surface area contributed by atoms with Crippen molar-refractivity contribution in [1.29, 1.82) is 0 Å². The largest absolute Gasteiger partial charge is 0.483 e. The Bertz CT molecular complexity index is 3950. The van der Waals surface area contributed by atoms with Crippen molar-refractivity contribution in [3.63, 3.8) is 0 Å². The Hall–Kier alpha value is -7.15. The van der Waals surface area contributed by atoms with Crippen LogP contribution in [0.2, 0.25) is 0 Å². The lowest BCUT2D eigenvalue weighted by Crippen LogP contribution is -2.59. The molecule has 2 saturated carbocycles. The molecule has 3 N–H and O–H groups in total. The van der Waals surface area contributed by atoms with Crippen LogP contribution in [-0.2, 0) is 35.8 Å². The summed E-state index contributed by atoms with van der Waals surface area (Å²) in [5, 5.41) is 33.0. The maximum Gasteiger partial charge on any atom is 0.340 e. The molecule has 11 heteroatoms. The summed E-state index contributed by atoms with van der Waals surface area (Å²) >= 11 is 0. The second-order valence-corrected chi connectivity index (χ2v) is 27.5. The number of hydrogen-bond acceptors (Lipinski definition) is 11. The molecule has 6 aromatic rings. The lowest BCUT2D eigenvalue weighted by molar-refractivity contribution is -0.202.